The van der Waals surface area contributed by atoms with Crippen molar-refractivity contribution in [3.05, 3.63) is 0 Å². The first-order valence-corrected chi connectivity index (χ1v) is 3.70. The monoisotopic (exact) mass is 127 g/mol. The van der Waals surface area contributed by atoms with Gasteiger partial charge in [-0.1, -0.05) is 0 Å². The highest BCUT2D eigenvalue weighted by Crippen LogP contribution is 2.50. The number of β-amino-alcohol motifs (C(OH)–C–C–N with tert-alkyl or cyclic N) is 1. The van der Waals surface area contributed by atoms with Crippen LogP contribution in [0.25, 0.3) is 0 Å². The largest absolute Gasteiger partial charge is 0.392 e. The van der Waals surface area contributed by atoms with Gasteiger partial charge in [-0.2, -0.15) is 0 Å². The number of hydrogen-bond donors (Lipinski definition) is 2. The number of rotatable bonds is 0. The highest BCUT2D eigenvalue weighted by Gasteiger charge is 2.45. The molecule has 0 amide bonds. The lowest BCUT2D eigenvalue weighted by molar-refractivity contribution is 0.106. The standard InChI is InChI=1S/C7H13NO/c9-6-3-7(1-2-7)5-8-4-6/h6,8-9H,1-5H2. The second-order valence-corrected chi connectivity index (χ2v) is 3.49. The summed E-state index contributed by atoms with van der Waals surface area (Å²) in [6.45, 7) is 1.95. The number of aliphatic hydroxyl groups is 1. The summed E-state index contributed by atoms with van der Waals surface area (Å²) < 4.78 is 0. The highest BCUT2D eigenvalue weighted by atomic mass is 16.3. The van der Waals surface area contributed by atoms with Crippen molar-refractivity contribution in [1.29, 1.82) is 0 Å². The Labute approximate surface area is 55.3 Å². The molecule has 1 aliphatic heterocycles. The summed E-state index contributed by atoms with van der Waals surface area (Å²) in [6.07, 6.45) is 3.63. The molecule has 2 heteroatoms. The molecular weight excluding hydrogens is 114 g/mol. The van der Waals surface area contributed by atoms with Crippen LogP contribution in [0.3, 0.4) is 0 Å². The fourth-order valence-electron chi connectivity index (χ4n) is 1.71. The molecule has 52 valence electrons. The van der Waals surface area contributed by atoms with E-state index in [9.17, 15) is 5.11 Å². The van der Waals surface area contributed by atoms with Crippen LogP contribution >= 0.6 is 0 Å². The Kier molecular flexibility index (Phi) is 1.08. The Morgan fingerprint density at radius 1 is 1.44 bits per heavy atom. The second-order valence-electron chi connectivity index (χ2n) is 3.49. The Morgan fingerprint density at radius 3 is 2.67 bits per heavy atom. The van der Waals surface area contributed by atoms with Gasteiger partial charge in [0.1, 0.15) is 0 Å². The third kappa shape index (κ3) is 0.970. The summed E-state index contributed by atoms with van der Waals surface area (Å²) in [6, 6.07) is 0. The van der Waals surface area contributed by atoms with E-state index in [-0.39, 0.29) is 6.10 Å². The predicted octanol–water partition coefficient (Wildman–Crippen LogP) is 0.121. The zero-order valence-electron chi connectivity index (χ0n) is 5.56. The average molecular weight is 127 g/mol. The first-order chi connectivity index (χ1) is 4.31. The molecule has 9 heavy (non-hydrogen) atoms. The van der Waals surface area contributed by atoms with E-state index in [4.69, 9.17) is 0 Å². The van der Waals surface area contributed by atoms with Gasteiger partial charge in [0.15, 0.2) is 0 Å². The molecule has 0 aromatic carbocycles. The molecule has 0 bridgehead atoms. The van der Waals surface area contributed by atoms with Gasteiger partial charge >= 0.3 is 0 Å². The molecule has 1 saturated heterocycles. The van der Waals surface area contributed by atoms with E-state index in [1.165, 1.54) is 12.8 Å². The molecule has 2 rings (SSSR count). The highest BCUT2D eigenvalue weighted by molar-refractivity contribution is 4.99. The molecule has 1 heterocycles. The molecule has 0 radical (unpaired) electrons. The fraction of sp³-hybridized carbons (Fsp3) is 1.00. The van der Waals surface area contributed by atoms with Crippen molar-refractivity contribution in [2.45, 2.75) is 25.4 Å². The maximum Gasteiger partial charge on any atom is 0.0670 e. The predicted molar refractivity (Wildman–Crippen MR) is 35.2 cm³/mol. The van der Waals surface area contributed by atoms with Crippen LogP contribution in [-0.2, 0) is 0 Å². The Balaban J connectivity index is 1.96. The SMILES string of the molecule is OC1CNCC2(CC2)C1. The van der Waals surface area contributed by atoms with E-state index in [0.717, 1.165) is 19.5 Å². The molecule has 2 nitrogen and oxygen atoms in total. The molecule has 0 aromatic heterocycles. The van der Waals surface area contributed by atoms with Crippen molar-refractivity contribution in [1.82, 2.24) is 5.32 Å². The lowest BCUT2D eigenvalue weighted by atomic mass is 9.95. The van der Waals surface area contributed by atoms with E-state index in [1.807, 2.05) is 0 Å². The minimum atomic E-state index is -0.0683. The summed E-state index contributed by atoms with van der Waals surface area (Å²) in [5.74, 6) is 0. The molecule has 1 aliphatic carbocycles. The molecule has 2 aliphatic rings. The summed E-state index contributed by atoms with van der Waals surface area (Å²) in [5.41, 5.74) is 0.539. The van der Waals surface area contributed by atoms with Gasteiger partial charge in [-0.3, -0.25) is 0 Å². The van der Waals surface area contributed by atoms with Gasteiger partial charge in [0.2, 0.25) is 0 Å². The summed E-state index contributed by atoms with van der Waals surface area (Å²) in [7, 11) is 0. The van der Waals surface area contributed by atoms with E-state index < -0.39 is 0 Å². The zero-order valence-corrected chi connectivity index (χ0v) is 5.56. The van der Waals surface area contributed by atoms with Crippen LogP contribution < -0.4 is 5.32 Å². The summed E-state index contributed by atoms with van der Waals surface area (Å²) >= 11 is 0. The maximum atomic E-state index is 9.22. The van der Waals surface area contributed by atoms with Gasteiger partial charge in [0.05, 0.1) is 6.10 Å². The number of aliphatic hydroxyl groups excluding tert-OH is 1. The Hall–Kier alpha value is -0.0800. The summed E-state index contributed by atoms with van der Waals surface area (Å²) in [4.78, 5) is 0. The number of hydrogen-bond acceptors (Lipinski definition) is 2. The minimum absolute atomic E-state index is 0.0683. The van der Waals surface area contributed by atoms with Crippen LogP contribution in [-0.4, -0.2) is 24.3 Å². The minimum Gasteiger partial charge on any atom is -0.392 e. The van der Waals surface area contributed by atoms with E-state index in [2.05, 4.69) is 5.32 Å². The maximum absolute atomic E-state index is 9.22. The average Bonchev–Trinajstić information content (AvgIpc) is 2.49. The van der Waals surface area contributed by atoms with E-state index in [1.54, 1.807) is 0 Å². The lowest BCUT2D eigenvalue weighted by Gasteiger charge is -2.26. The van der Waals surface area contributed by atoms with Gasteiger partial charge in [0, 0.05) is 13.1 Å². The van der Waals surface area contributed by atoms with Crippen molar-refractivity contribution in [3.63, 3.8) is 0 Å². The molecule has 0 aromatic rings. The summed E-state index contributed by atoms with van der Waals surface area (Å²) in [5, 5.41) is 12.5. The smallest absolute Gasteiger partial charge is 0.0670 e. The van der Waals surface area contributed by atoms with Crippen LogP contribution in [0.1, 0.15) is 19.3 Å². The Bertz CT molecular complexity index is 120. The number of piperidine rings is 1. The molecule has 1 saturated carbocycles. The lowest BCUT2D eigenvalue weighted by Crippen LogP contribution is -2.40. The van der Waals surface area contributed by atoms with Gasteiger partial charge in [-0.05, 0) is 24.7 Å². The van der Waals surface area contributed by atoms with Crippen LogP contribution in [0.4, 0.5) is 0 Å². The van der Waals surface area contributed by atoms with Gasteiger partial charge < -0.3 is 10.4 Å². The third-order valence-electron chi connectivity index (χ3n) is 2.51. The van der Waals surface area contributed by atoms with Crippen LogP contribution in [0, 0.1) is 5.41 Å². The third-order valence-corrected chi connectivity index (χ3v) is 2.51. The topological polar surface area (TPSA) is 32.3 Å². The molecule has 1 atom stereocenters. The molecule has 2 N–H and O–H groups in total. The zero-order chi connectivity index (χ0) is 6.32. The van der Waals surface area contributed by atoms with Crippen molar-refractivity contribution in [3.8, 4) is 0 Å². The van der Waals surface area contributed by atoms with Crippen molar-refractivity contribution in [2.24, 2.45) is 5.41 Å². The molecular formula is C7H13NO. The molecule has 1 spiro atoms. The quantitative estimate of drug-likeness (QED) is 0.484. The van der Waals surface area contributed by atoms with E-state index >= 15 is 0 Å². The van der Waals surface area contributed by atoms with Crippen LogP contribution in [0.5, 0.6) is 0 Å². The van der Waals surface area contributed by atoms with Crippen molar-refractivity contribution < 1.29 is 5.11 Å². The van der Waals surface area contributed by atoms with Gasteiger partial charge in [-0.25, -0.2) is 0 Å². The normalized spacial score (nSPS) is 39.0. The molecule has 2 fully saturated rings. The first-order valence-electron chi connectivity index (χ1n) is 3.70. The van der Waals surface area contributed by atoms with E-state index in [0.29, 0.717) is 5.41 Å². The van der Waals surface area contributed by atoms with Crippen LogP contribution in [0.2, 0.25) is 0 Å². The molecule has 1 unspecified atom stereocenters. The van der Waals surface area contributed by atoms with Gasteiger partial charge in [-0.15, -0.1) is 0 Å². The fourth-order valence-corrected chi connectivity index (χ4v) is 1.71. The first kappa shape index (κ1) is 5.69. The number of nitrogens with one attached hydrogen (secondary N) is 1. The van der Waals surface area contributed by atoms with Crippen molar-refractivity contribution in [2.75, 3.05) is 13.1 Å². The second kappa shape index (κ2) is 1.70. The Morgan fingerprint density at radius 2 is 2.22 bits per heavy atom. The van der Waals surface area contributed by atoms with Gasteiger partial charge in [0.25, 0.3) is 0 Å². The van der Waals surface area contributed by atoms with Crippen LogP contribution in [0.15, 0.2) is 0 Å². The van der Waals surface area contributed by atoms with Crippen molar-refractivity contribution >= 4 is 0 Å².